The average Bonchev–Trinajstić information content (AvgIpc) is 2.83. The zero-order valence-electron chi connectivity index (χ0n) is 13.8. The number of fused-ring (bicyclic) bond motifs is 1. The molecule has 2 heterocycles. The summed E-state index contributed by atoms with van der Waals surface area (Å²) in [5, 5.41) is 1.47. The van der Waals surface area contributed by atoms with Crippen molar-refractivity contribution >= 4 is 34.1 Å². The van der Waals surface area contributed by atoms with Crippen molar-refractivity contribution in [2.24, 2.45) is 0 Å². The van der Waals surface area contributed by atoms with Gasteiger partial charge in [0.1, 0.15) is 0 Å². The Labute approximate surface area is 153 Å². The third kappa shape index (κ3) is 3.23. The Bertz CT molecular complexity index is 975. The number of aryl methyl sites for hydroxylation is 3. The fourth-order valence-corrected chi connectivity index (χ4v) is 3.51. The van der Waals surface area contributed by atoms with Crippen LogP contribution >= 0.6 is 23.2 Å². The Morgan fingerprint density at radius 1 is 1.08 bits per heavy atom. The van der Waals surface area contributed by atoms with Gasteiger partial charge in [-0.2, -0.15) is 13.2 Å². The quantitative estimate of drug-likeness (QED) is 0.502. The van der Waals surface area contributed by atoms with Gasteiger partial charge < -0.3 is 4.57 Å². The molecule has 0 bridgehead atoms. The maximum atomic E-state index is 13.1. The van der Waals surface area contributed by atoms with E-state index in [4.69, 9.17) is 23.2 Å². The lowest BCUT2D eigenvalue weighted by molar-refractivity contribution is -0.137. The molecule has 25 heavy (non-hydrogen) atoms. The maximum absolute atomic E-state index is 13.1. The highest BCUT2D eigenvalue weighted by molar-refractivity contribution is 6.36. The third-order valence-corrected chi connectivity index (χ3v) is 5.09. The number of pyridine rings is 1. The Morgan fingerprint density at radius 2 is 1.76 bits per heavy atom. The van der Waals surface area contributed by atoms with Crippen LogP contribution in [0.2, 0.25) is 10.0 Å². The minimum Gasteiger partial charge on any atom is -0.342 e. The van der Waals surface area contributed by atoms with E-state index in [-0.39, 0.29) is 0 Å². The first kappa shape index (κ1) is 18.1. The van der Waals surface area contributed by atoms with Crippen LogP contribution in [-0.4, -0.2) is 9.55 Å². The van der Waals surface area contributed by atoms with Crippen molar-refractivity contribution in [1.29, 1.82) is 0 Å². The van der Waals surface area contributed by atoms with Crippen molar-refractivity contribution in [3.05, 3.63) is 62.5 Å². The van der Waals surface area contributed by atoms with Gasteiger partial charge in [0.25, 0.3) is 0 Å². The molecule has 0 N–H and O–H groups in total. The zero-order valence-corrected chi connectivity index (χ0v) is 15.3. The summed E-state index contributed by atoms with van der Waals surface area (Å²) in [6, 6.07) is 2.36. The van der Waals surface area contributed by atoms with E-state index in [1.54, 1.807) is 20.8 Å². The third-order valence-electron chi connectivity index (χ3n) is 4.26. The highest BCUT2D eigenvalue weighted by Crippen LogP contribution is 2.36. The van der Waals surface area contributed by atoms with Crippen molar-refractivity contribution in [2.75, 3.05) is 0 Å². The first-order valence-electron chi connectivity index (χ1n) is 7.56. The molecule has 0 fully saturated rings. The highest BCUT2D eigenvalue weighted by Gasteiger charge is 2.31. The van der Waals surface area contributed by atoms with Gasteiger partial charge in [0.05, 0.1) is 33.4 Å². The Hall–Kier alpha value is -1.72. The van der Waals surface area contributed by atoms with Gasteiger partial charge in [0, 0.05) is 23.3 Å². The van der Waals surface area contributed by atoms with Gasteiger partial charge in [-0.3, -0.25) is 4.98 Å². The van der Waals surface area contributed by atoms with Crippen LogP contribution in [0.3, 0.4) is 0 Å². The molecule has 0 unspecified atom stereocenters. The summed E-state index contributed by atoms with van der Waals surface area (Å²) >= 11 is 12.5. The van der Waals surface area contributed by atoms with Gasteiger partial charge in [0.15, 0.2) is 0 Å². The number of rotatable bonds is 2. The van der Waals surface area contributed by atoms with E-state index in [9.17, 15) is 13.2 Å². The van der Waals surface area contributed by atoms with E-state index in [2.05, 4.69) is 4.98 Å². The molecule has 7 heteroatoms. The summed E-state index contributed by atoms with van der Waals surface area (Å²) in [5.41, 5.74) is 2.77. The van der Waals surface area contributed by atoms with Crippen molar-refractivity contribution in [2.45, 2.75) is 33.5 Å². The van der Waals surface area contributed by atoms with Crippen LogP contribution in [0, 0.1) is 20.8 Å². The second-order valence-electron chi connectivity index (χ2n) is 6.11. The van der Waals surface area contributed by atoms with Crippen LogP contribution in [0.5, 0.6) is 0 Å². The van der Waals surface area contributed by atoms with Crippen LogP contribution in [0.4, 0.5) is 13.2 Å². The van der Waals surface area contributed by atoms with E-state index >= 15 is 0 Å². The van der Waals surface area contributed by atoms with Crippen molar-refractivity contribution in [3.63, 3.8) is 0 Å². The molecule has 0 atom stereocenters. The van der Waals surface area contributed by atoms with Gasteiger partial charge in [-0.05, 0) is 44.0 Å². The smallest absolute Gasteiger partial charge is 0.342 e. The van der Waals surface area contributed by atoms with Gasteiger partial charge in [-0.25, -0.2) is 0 Å². The van der Waals surface area contributed by atoms with E-state index in [1.807, 2.05) is 10.8 Å². The first-order valence-corrected chi connectivity index (χ1v) is 8.32. The monoisotopic (exact) mass is 386 g/mol. The summed E-state index contributed by atoms with van der Waals surface area (Å²) in [4.78, 5) is 4.11. The van der Waals surface area contributed by atoms with Crippen molar-refractivity contribution in [1.82, 2.24) is 9.55 Å². The summed E-state index contributed by atoms with van der Waals surface area (Å²) in [6.07, 6.45) is -1.02. The number of nitrogens with zero attached hydrogens (tertiary/aromatic N) is 2. The molecular weight excluding hydrogens is 372 g/mol. The van der Waals surface area contributed by atoms with Gasteiger partial charge in [0.2, 0.25) is 0 Å². The van der Waals surface area contributed by atoms with Crippen LogP contribution in [0.15, 0.2) is 24.5 Å². The first-order chi connectivity index (χ1) is 11.6. The number of hydrogen-bond acceptors (Lipinski definition) is 1. The van der Waals surface area contributed by atoms with Crippen LogP contribution in [0.25, 0.3) is 10.9 Å². The molecule has 0 spiro atoms. The molecule has 3 rings (SSSR count). The summed E-state index contributed by atoms with van der Waals surface area (Å²) in [7, 11) is 0. The second kappa shape index (κ2) is 6.22. The highest BCUT2D eigenvalue weighted by atomic mass is 35.5. The molecule has 0 saturated carbocycles. The topological polar surface area (TPSA) is 17.8 Å². The Balaban J connectivity index is 2.18. The molecule has 0 aliphatic heterocycles. The van der Waals surface area contributed by atoms with E-state index in [0.717, 1.165) is 11.1 Å². The lowest BCUT2D eigenvalue weighted by Gasteiger charge is -2.13. The molecule has 0 amide bonds. The molecule has 0 aliphatic carbocycles. The van der Waals surface area contributed by atoms with Gasteiger partial charge in [-0.15, -0.1) is 0 Å². The number of alkyl halides is 3. The van der Waals surface area contributed by atoms with Crippen LogP contribution in [-0.2, 0) is 12.7 Å². The molecule has 3 aromatic rings. The standard InChI is InChI=1S/C18H15Cl2F3N2/c1-9-4-12(18(21,22)23)5-13-10(2)7-25(17(9)13)8-14-15(19)6-24-11(3)16(14)20/h4-7H,8H2,1-3H3. The number of aromatic nitrogens is 2. The van der Waals surface area contributed by atoms with Crippen LogP contribution < -0.4 is 0 Å². The molecular formula is C18H15Cl2F3N2. The fourth-order valence-electron chi connectivity index (χ4n) is 3.04. The molecule has 0 aliphatic rings. The normalized spacial score (nSPS) is 12.2. The maximum Gasteiger partial charge on any atom is 0.416 e. The van der Waals surface area contributed by atoms with E-state index in [1.165, 1.54) is 18.3 Å². The predicted octanol–water partition coefficient (Wildman–Crippen LogP) is 6.34. The Morgan fingerprint density at radius 3 is 2.40 bits per heavy atom. The zero-order chi connectivity index (χ0) is 18.5. The largest absolute Gasteiger partial charge is 0.416 e. The second-order valence-corrected chi connectivity index (χ2v) is 6.90. The molecule has 1 aromatic carbocycles. The molecule has 0 saturated heterocycles. The molecule has 0 radical (unpaired) electrons. The number of hydrogen-bond donors (Lipinski definition) is 0. The summed E-state index contributed by atoms with van der Waals surface area (Å²) in [6.45, 7) is 5.60. The lowest BCUT2D eigenvalue weighted by Crippen LogP contribution is -2.06. The Kier molecular flexibility index (Phi) is 4.50. The number of halogens is 5. The van der Waals surface area contributed by atoms with Crippen LogP contribution in [0.1, 0.15) is 27.9 Å². The fraction of sp³-hybridized carbons (Fsp3) is 0.278. The predicted molar refractivity (Wildman–Crippen MR) is 94.5 cm³/mol. The lowest BCUT2D eigenvalue weighted by atomic mass is 10.1. The number of benzene rings is 1. The van der Waals surface area contributed by atoms with E-state index in [0.29, 0.717) is 38.8 Å². The van der Waals surface area contributed by atoms with E-state index < -0.39 is 11.7 Å². The minimum atomic E-state index is -4.37. The minimum absolute atomic E-state index is 0.359. The summed E-state index contributed by atoms with van der Waals surface area (Å²) in [5.74, 6) is 0. The average molecular weight is 387 g/mol. The summed E-state index contributed by atoms with van der Waals surface area (Å²) < 4.78 is 41.1. The van der Waals surface area contributed by atoms with Gasteiger partial charge >= 0.3 is 6.18 Å². The molecule has 2 aromatic heterocycles. The van der Waals surface area contributed by atoms with Gasteiger partial charge in [-0.1, -0.05) is 23.2 Å². The molecule has 2 nitrogen and oxygen atoms in total. The van der Waals surface area contributed by atoms with Crippen molar-refractivity contribution in [3.8, 4) is 0 Å². The van der Waals surface area contributed by atoms with Crippen molar-refractivity contribution < 1.29 is 13.2 Å². The molecule has 132 valence electrons. The SMILES string of the molecule is Cc1ncc(Cl)c(Cn2cc(C)c3cc(C(F)(F)F)cc(C)c32)c1Cl.